The number of hydrogen-bond acceptors (Lipinski definition) is 3. The van der Waals surface area contributed by atoms with Crippen LogP contribution in [0.25, 0.3) is 0 Å². The molecule has 0 fully saturated rings. The predicted molar refractivity (Wildman–Crippen MR) is 67.7 cm³/mol. The van der Waals surface area contributed by atoms with Gasteiger partial charge in [0.2, 0.25) is 5.91 Å². The van der Waals surface area contributed by atoms with Gasteiger partial charge in [0.05, 0.1) is 11.3 Å². The summed E-state index contributed by atoms with van der Waals surface area (Å²) in [6.45, 7) is 0.698. The molecular formula is C12H14ClN3O. The molecule has 0 spiro atoms. The Morgan fingerprint density at radius 2 is 2.24 bits per heavy atom. The van der Waals surface area contributed by atoms with Gasteiger partial charge in [-0.1, -0.05) is 11.6 Å². The lowest BCUT2D eigenvalue weighted by molar-refractivity contribution is -0.118. The number of nitrogens with two attached hydrogens (primary N) is 1. The van der Waals surface area contributed by atoms with Crippen LogP contribution in [-0.4, -0.2) is 12.5 Å². The molecule has 90 valence electrons. The van der Waals surface area contributed by atoms with Crippen LogP contribution in [0.4, 0.5) is 5.69 Å². The minimum Gasteiger partial charge on any atom is -0.384 e. The normalized spacial score (nSPS) is 9.65. The molecule has 1 aromatic carbocycles. The molecule has 0 aliphatic carbocycles. The van der Waals surface area contributed by atoms with Crippen LogP contribution in [0.2, 0.25) is 5.02 Å². The van der Waals surface area contributed by atoms with Crippen LogP contribution in [0.5, 0.6) is 0 Å². The minimum absolute atomic E-state index is 0.283. The van der Waals surface area contributed by atoms with Gasteiger partial charge in [-0.25, -0.2) is 0 Å². The van der Waals surface area contributed by atoms with Gasteiger partial charge >= 0.3 is 0 Å². The first-order chi connectivity index (χ1) is 8.13. The number of halogens is 1. The van der Waals surface area contributed by atoms with Crippen molar-refractivity contribution >= 4 is 23.2 Å². The lowest BCUT2D eigenvalue weighted by Crippen LogP contribution is -2.11. The standard InChI is InChI=1S/C12H14ClN3O/c13-10-4-5-11(9(7-10)8-14)16-6-2-1-3-12(15)17/h4-5,7,16H,1-3,6H2,(H2,15,17). The Kier molecular flexibility index (Phi) is 5.31. The van der Waals surface area contributed by atoms with Gasteiger partial charge in [0.1, 0.15) is 6.07 Å². The van der Waals surface area contributed by atoms with Crippen LogP contribution >= 0.6 is 11.6 Å². The molecule has 0 aliphatic heterocycles. The summed E-state index contributed by atoms with van der Waals surface area (Å²) >= 11 is 5.78. The first kappa shape index (κ1) is 13.3. The number of carbonyl (C=O) groups is 1. The van der Waals surface area contributed by atoms with Crippen molar-refractivity contribution in [3.05, 3.63) is 28.8 Å². The fourth-order valence-corrected chi connectivity index (χ4v) is 1.58. The van der Waals surface area contributed by atoms with E-state index in [2.05, 4.69) is 11.4 Å². The Balaban J connectivity index is 2.42. The molecule has 0 radical (unpaired) electrons. The highest BCUT2D eigenvalue weighted by atomic mass is 35.5. The van der Waals surface area contributed by atoms with Crippen LogP contribution in [0.1, 0.15) is 24.8 Å². The van der Waals surface area contributed by atoms with Crippen LogP contribution in [0.3, 0.4) is 0 Å². The summed E-state index contributed by atoms with van der Waals surface area (Å²) in [4.78, 5) is 10.5. The topological polar surface area (TPSA) is 78.9 Å². The summed E-state index contributed by atoms with van der Waals surface area (Å²) in [5.41, 5.74) is 6.31. The van der Waals surface area contributed by atoms with E-state index >= 15 is 0 Å². The molecule has 0 atom stereocenters. The van der Waals surface area contributed by atoms with Crippen molar-refractivity contribution in [2.75, 3.05) is 11.9 Å². The fraction of sp³-hybridized carbons (Fsp3) is 0.333. The molecular weight excluding hydrogens is 238 g/mol. The third-order valence-electron chi connectivity index (χ3n) is 2.27. The van der Waals surface area contributed by atoms with Crippen molar-refractivity contribution in [3.63, 3.8) is 0 Å². The van der Waals surface area contributed by atoms with E-state index in [1.807, 2.05) is 0 Å². The number of carbonyl (C=O) groups excluding carboxylic acids is 1. The maximum Gasteiger partial charge on any atom is 0.217 e. The Bertz CT molecular complexity index is 440. The molecule has 5 heteroatoms. The number of nitriles is 1. The Hall–Kier alpha value is -1.73. The minimum atomic E-state index is -0.283. The molecule has 3 N–H and O–H groups in total. The second-order valence-electron chi connectivity index (χ2n) is 3.65. The van der Waals surface area contributed by atoms with E-state index in [0.717, 1.165) is 18.5 Å². The third kappa shape index (κ3) is 4.75. The first-order valence-corrected chi connectivity index (χ1v) is 5.73. The summed E-state index contributed by atoms with van der Waals surface area (Å²) in [5.74, 6) is -0.283. The number of rotatable bonds is 6. The van der Waals surface area contributed by atoms with Gasteiger partial charge < -0.3 is 11.1 Å². The Morgan fingerprint density at radius 3 is 2.88 bits per heavy atom. The van der Waals surface area contributed by atoms with Gasteiger partial charge in [-0.2, -0.15) is 5.26 Å². The second-order valence-corrected chi connectivity index (χ2v) is 4.09. The van der Waals surface area contributed by atoms with Crippen molar-refractivity contribution < 1.29 is 4.79 Å². The number of benzene rings is 1. The van der Waals surface area contributed by atoms with E-state index < -0.39 is 0 Å². The molecule has 4 nitrogen and oxygen atoms in total. The van der Waals surface area contributed by atoms with Crippen LogP contribution < -0.4 is 11.1 Å². The number of nitrogens with zero attached hydrogens (tertiary/aromatic N) is 1. The molecule has 0 bridgehead atoms. The van der Waals surface area contributed by atoms with Crippen molar-refractivity contribution in [2.24, 2.45) is 5.73 Å². The molecule has 0 aromatic heterocycles. The van der Waals surface area contributed by atoms with Crippen molar-refractivity contribution in [2.45, 2.75) is 19.3 Å². The highest BCUT2D eigenvalue weighted by molar-refractivity contribution is 6.30. The highest BCUT2D eigenvalue weighted by Gasteiger charge is 2.02. The van der Waals surface area contributed by atoms with E-state index in [1.54, 1.807) is 18.2 Å². The number of nitrogens with one attached hydrogen (secondary N) is 1. The zero-order valence-corrected chi connectivity index (χ0v) is 10.1. The molecule has 1 aromatic rings. The smallest absolute Gasteiger partial charge is 0.217 e. The van der Waals surface area contributed by atoms with Gasteiger partial charge in [-0.15, -0.1) is 0 Å². The summed E-state index contributed by atoms with van der Waals surface area (Å²) in [6.07, 6.45) is 1.97. The van der Waals surface area contributed by atoms with Crippen molar-refractivity contribution in [1.29, 1.82) is 5.26 Å². The van der Waals surface area contributed by atoms with E-state index in [-0.39, 0.29) is 5.91 Å². The third-order valence-corrected chi connectivity index (χ3v) is 2.50. The first-order valence-electron chi connectivity index (χ1n) is 5.35. The van der Waals surface area contributed by atoms with E-state index in [9.17, 15) is 4.79 Å². The summed E-state index contributed by atoms with van der Waals surface area (Å²) in [5, 5.41) is 12.6. The number of unbranched alkanes of at least 4 members (excludes halogenated alkanes) is 1. The van der Waals surface area contributed by atoms with Gasteiger partial charge in [-0.3, -0.25) is 4.79 Å². The number of amides is 1. The highest BCUT2D eigenvalue weighted by Crippen LogP contribution is 2.19. The Morgan fingerprint density at radius 1 is 1.47 bits per heavy atom. The monoisotopic (exact) mass is 251 g/mol. The van der Waals surface area contributed by atoms with Crippen LogP contribution in [0, 0.1) is 11.3 Å². The molecule has 1 amide bonds. The molecule has 0 saturated heterocycles. The van der Waals surface area contributed by atoms with Crippen LogP contribution in [-0.2, 0) is 4.79 Å². The quantitative estimate of drug-likeness (QED) is 0.762. The van der Waals surface area contributed by atoms with Crippen LogP contribution in [0.15, 0.2) is 18.2 Å². The molecule has 1 rings (SSSR count). The summed E-state index contributed by atoms with van der Waals surface area (Å²) < 4.78 is 0. The average molecular weight is 252 g/mol. The van der Waals surface area contributed by atoms with Gasteiger partial charge in [0, 0.05) is 18.0 Å². The molecule has 0 aliphatic rings. The molecule has 0 heterocycles. The van der Waals surface area contributed by atoms with Crippen molar-refractivity contribution in [1.82, 2.24) is 0 Å². The van der Waals surface area contributed by atoms with E-state index in [1.165, 1.54) is 0 Å². The zero-order valence-electron chi connectivity index (χ0n) is 9.37. The maximum atomic E-state index is 10.5. The SMILES string of the molecule is N#Cc1cc(Cl)ccc1NCCCCC(N)=O. The average Bonchev–Trinajstić information content (AvgIpc) is 2.29. The largest absolute Gasteiger partial charge is 0.384 e. The number of hydrogen-bond donors (Lipinski definition) is 2. The van der Waals surface area contributed by atoms with Gasteiger partial charge in [-0.05, 0) is 31.0 Å². The van der Waals surface area contributed by atoms with Crippen molar-refractivity contribution in [3.8, 4) is 6.07 Å². The van der Waals surface area contributed by atoms with E-state index in [4.69, 9.17) is 22.6 Å². The van der Waals surface area contributed by atoms with E-state index in [0.29, 0.717) is 23.6 Å². The lowest BCUT2D eigenvalue weighted by atomic mass is 10.2. The maximum absolute atomic E-state index is 10.5. The zero-order chi connectivity index (χ0) is 12.7. The van der Waals surface area contributed by atoms with Gasteiger partial charge in [0.15, 0.2) is 0 Å². The number of primary amides is 1. The molecule has 0 saturated carbocycles. The predicted octanol–water partition coefficient (Wildman–Crippen LogP) is 2.28. The summed E-state index contributed by atoms with van der Waals surface area (Å²) in [6, 6.07) is 7.20. The molecule has 0 unspecified atom stereocenters. The fourth-order valence-electron chi connectivity index (χ4n) is 1.41. The molecule has 17 heavy (non-hydrogen) atoms. The Labute approximate surface area is 105 Å². The second kappa shape index (κ2) is 6.77. The lowest BCUT2D eigenvalue weighted by Gasteiger charge is -2.07. The summed E-state index contributed by atoms with van der Waals surface area (Å²) in [7, 11) is 0. The van der Waals surface area contributed by atoms with Gasteiger partial charge in [0.25, 0.3) is 0 Å². The number of anilines is 1.